The van der Waals surface area contributed by atoms with Crippen molar-refractivity contribution in [2.75, 3.05) is 18.4 Å². The van der Waals surface area contributed by atoms with Crippen molar-refractivity contribution < 1.29 is 9.59 Å². The van der Waals surface area contributed by atoms with Gasteiger partial charge in [0.15, 0.2) is 0 Å². The minimum atomic E-state index is -0.235. The van der Waals surface area contributed by atoms with Crippen molar-refractivity contribution in [3.63, 3.8) is 0 Å². The molecule has 4 rings (SSSR count). The quantitative estimate of drug-likeness (QED) is 0.687. The van der Waals surface area contributed by atoms with Crippen molar-refractivity contribution in [1.82, 2.24) is 14.7 Å². The first-order valence-corrected chi connectivity index (χ1v) is 10.9. The molecule has 1 aromatic heterocycles. The Hall–Kier alpha value is -3.15. The van der Waals surface area contributed by atoms with Crippen molar-refractivity contribution in [2.45, 2.75) is 39.0 Å². The Kier molecular flexibility index (Phi) is 5.56. The third-order valence-corrected chi connectivity index (χ3v) is 6.00. The maximum Gasteiger partial charge on any atom is 0.254 e. The van der Waals surface area contributed by atoms with Gasteiger partial charge in [0, 0.05) is 37.2 Å². The number of aryl methyl sites for hydroxylation is 1. The highest BCUT2D eigenvalue weighted by atomic mass is 16.2. The molecule has 3 aromatic rings. The van der Waals surface area contributed by atoms with Crippen LogP contribution in [0.4, 0.5) is 5.82 Å². The number of nitrogens with one attached hydrogen (secondary N) is 1. The van der Waals surface area contributed by atoms with Crippen LogP contribution in [0.25, 0.3) is 10.8 Å². The lowest BCUT2D eigenvalue weighted by Gasteiger charge is -2.32. The minimum Gasteiger partial charge on any atom is -0.338 e. The van der Waals surface area contributed by atoms with Crippen LogP contribution >= 0.6 is 0 Å². The fourth-order valence-electron chi connectivity index (χ4n) is 4.14. The average Bonchev–Trinajstić information content (AvgIpc) is 3.13. The largest absolute Gasteiger partial charge is 0.338 e. The van der Waals surface area contributed by atoms with Crippen LogP contribution in [0.15, 0.2) is 48.5 Å². The van der Waals surface area contributed by atoms with E-state index in [1.165, 1.54) is 0 Å². The summed E-state index contributed by atoms with van der Waals surface area (Å²) >= 11 is 0. The van der Waals surface area contributed by atoms with Gasteiger partial charge >= 0.3 is 0 Å². The summed E-state index contributed by atoms with van der Waals surface area (Å²) in [7, 11) is 1.84. The molecule has 1 saturated heterocycles. The fourth-order valence-corrected chi connectivity index (χ4v) is 4.14. The van der Waals surface area contributed by atoms with Gasteiger partial charge in [-0.2, -0.15) is 5.10 Å². The van der Waals surface area contributed by atoms with Crippen molar-refractivity contribution in [3.8, 4) is 0 Å². The second-order valence-electron chi connectivity index (χ2n) is 9.39. The Balaban J connectivity index is 1.49. The van der Waals surface area contributed by atoms with Crippen molar-refractivity contribution >= 4 is 28.4 Å². The second-order valence-corrected chi connectivity index (χ2v) is 9.39. The zero-order valence-electron chi connectivity index (χ0n) is 18.7. The molecule has 2 heterocycles. The van der Waals surface area contributed by atoms with Gasteiger partial charge in [-0.3, -0.25) is 14.3 Å². The van der Waals surface area contributed by atoms with Gasteiger partial charge in [-0.15, -0.1) is 0 Å². The maximum atomic E-state index is 13.3. The summed E-state index contributed by atoms with van der Waals surface area (Å²) in [6.07, 6.45) is 1.59. The highest BCUT2D eigenvalue weighted by Crippen LogP contribution is 2.26. The van der Waals surface area contributed by atoms with E-state index in [-0.39, 0.29) is 23.1 Å². The molecule has 1 fully saturated rings. The molecule has 1 aliphatic rings. The Bertz CT molecular complexity index is 1120. The zero-order valence-corrected chi connectivity index (χ0v) is 18.7. The normalized spacial score (nSPS) is 17.0. The lowest BCUT2D eigenvalue weighted by Crippen LogP contribution is -2.44. The molecule has 6 nitrogen and oxygen atoms in total. The summed E-state index contributed by atoms with van der Waals surface area (Å²) < 4.78 is 1.71. The molecule has 0 unspecified atom stereocenters. The van der Waals surface area contributed by atoms with Gasteiger partial charge in [-0.1, -0.05) is 57.2 Å². The number of carbonyl (C=O) groups excluding carboxylic acids is 2. The first-order valence-electron chi connectivity index (χ1n) is 10.9. The fraction of sp³-hybridized carbons (Fsp3) is 0.400. The van der Waals surface area contributed by atoms with Crippen LogP contribution in [0.1, 0.15) is 49.7 Å². The Morgan fingerprint density at radius 3 is 2.58 bits per heavy atom. The summed E-state index contributed by atoms with van der Waals surface area (Å²) in [5.41, 5.74) is 1.54. The number of aromatic nitrogens is 2. The van der Waals surface area contributed by atoms with Gasteiger partial charge in [-0.25, -0.2) is 0 Å². The smallest absolute Gasteiger partial charge is 0.254 e. The molecule has 6 heteroatoms. The van der Waals surface area contributed by atoms with E-state index in [9.17, 15) is 9.59 Å². The van der Waals surface area contributed by atoms with Gasteiger partial charge in [0.05, 0.1) is 11.6 Å². The summed E-state index contributed by atoms with van der Waals surface area (Å²) in [4.78, 5) is 28.1. The number of fused-ring (bicyclic) bond motifs is 1. The molecule has 0 spiro atoms. The zero-order chi connectivity index (χ0) is 22.2. The van der Waals surface area contributed by atoms with Crippen LogP contribution in [-0.2, 0) is 17.3 Å². The predicted octanol–water partition coefficient (Wildman–Crippen LogP) is 4.36. The summed E-state index contributed by atoms with van der Waals surface area (Å²) in [5.74, 6) is 0.386. The van der Waals surface area contributed by atoms with Gasteiger partial charge in [0.25, 0.3) is 5.91 Å². The van der Waals surface area contributed by atoms with Gasteiger partial charge in [0.1, 0.15) is 5.82 Å². The first kappa shape index (κ1) is 21.1. The highest BCUT2D eigenvalue weighted by molar-refractivity contribution is 6.07. The van der Waals surface area contributed by atoms with Crippen LogP contribution in [0.3, 0.4) is 0 Å². The SMILES string of the molecule is Cn1nc(C(C)(C)C)cc1NC(=O)[C@@H]1CCCN(C(=O)c2cccc3ccccc23)C1. The minimum absolute atomic E-state index is 0.00940. The van der Waals surface area contributed by atoms with Crippen molar-refractivity contribution in [1.29, 1.82) is 0 Å². The molecule has 0 bridgehead atoms. The van der Waals surface area contributed by atoms with E-state index in [1.54, 1.807) is 4.68 Å². The first-order chi connectivity index (χ1) is 14.7. The molecule has 31 heavy (non-hydrogen) atoms. The van der Waals surface area contributed by atoms with E-state index in [1.807, 2.05) is 60.5 Å². The third kappa shape index (κ3) is 4.33. The van der Waals surface area contributed by atoms with Gasteiger partial charge in [-0.05, 0) is 29.7 Å². The average molecular weight is 419 g/mol. The van der Waals surface area contributed by atoms with Gasteiger partial charge < -0.3 is 10.2 Å². The number of carbonyl (C=O) groups is 2. The molecule has 0 aliphatic carbocycles. The number of nitrogens with zero attached hydrogens (tertiary/aromatic N) is 3. The van der Waals surface area contributed by atoms with E-state index in [0.717, 1.165) is 29.3 Å². The number of likely N-dealkylation sites (tertiary alicyclic amines) is 1. The molecule has 162 valence electrons. The molecule has 2 aromatic carbocycles. The van der Waals surface area contributed by atoms with Crippen LogP contribution < -0.4 is 5.32 Å². The molecule has 1 aliphatic heterocycles. The van der Waals surface area contributed by atoms with Crippen molar-refractivity contribution in [3.05, 3.63) is 59.8 Å². The van der Waals surface area contributed by atoms with Crippen LogP contribution in [0.2, 0.25) is 0 Å². The molecule has 1 N–H and O–H groups in total. The Labute approximate surface area is 183 Å². The molecule has 0 saturated carbocycles. The second kappa shape index (κ2) is 8.17. The van der Waals surface area contributed by atoms with Crippen LogP contribution in [0.5, 0.6) is 0 Å². The number of anilines is 1. The number of piperidine rings is 1. The van der Waals surface area contributed by atoms with E-state index in [2.05, 4.69) is 31.2 Å². The van der Waals surface area contributed by atoms with Gasteiger partial charge in [0.2, 0.25) is 5.91 Å². The van der Waals surface area contributed by atoms with E-state index in [0.29, 0.717) is 24.5 Å². The van der Waals surface area contributed by atoms with E-state index in [4.69, 9.17) is 0 Å². The summed E-state index contributed by atoms with van der Waals surface area (Å²) in [6, 6.07) is 15.6. The monoisotopic (exact) mass is 418 g/mol. The number of amides is 2. The standard InChI is InChI=1S/C25H30N4O2/c1-25(2,3)21-15-22(28(4)27-21)26-23(30)18-11-8-14-29(16-18)24(31)20-13-7-10-17-9-5-6-12-19(17)20/h5-7,9-10,12-13,15,18H,8,11,14,16H2,1-4H3,(H,26,30)/t18-/m1/s1. The number of hydrogen-bond donors (Lipinski definition) is 1. The van der Waals surface area contributed by atoms with Crippen LogP contribution in [-0.4, -0.2) is 39.6 Å². The third-order valence-electron chi connectivity index (χ3n) is 6.00. The molecule has 1 atom stereocenters. The van der Waals surface area contributed by atoms with Crippen molar-refractivity contribution in [2.24, 2.45) is 13.0 Å². The molecular formula is C25H30N4O2. The topological polar surface area (TPSA) is 67.2 Å². The lowest BCUT2D eigenvalue weighted by molar-refractivity contribution is -0.121. The van der Waals surface area contributed by atoms with E-state index < -0.39 is 0 Å². The van der Waals surface area contributed by atoms with E-state index >= 15 is 0 Å². The summed E-state index contributed by atoms with van der Waals surface area (Å²) in [6.45, 7) is 7.39. The lowest BCUT2D eigenvalue weighted by atomic mass is 9.92. The maximum absolute atomic E-state index is 13.3. The molecule has 2 amide bonds. The number of benzene rings is 2. The summed E-state index contributed by atoms with van der Waals surface area (Å²) in [5, 5.41) is 9.55. The molecular weight excluding hydrogens is 388 g/mol. The Morgan fingerprint density at radius 1 is 1.10 bits per heavy atom. The predicted molar refractivity (Wildman–Crippen MR) is 123 cm³/mol. The van der Waals surface area contributed by atoms with Crippen LogP contribution in [0, 0.1) is 5.92 Å². The number of rotatable bonds is 3. The number of hydrogen-bond acceptors (Lipinski definition) is 3. The molecule has 0 radical (unpaired) electrons. The Morgan fingerprint density at radius 2 is 1.84 bits per heavy atom. The highest BCUT2D eigenvalue weighted by Gasteiger charge is 2.30.